The summed E-state index contributed by atoms with van der Waals surface area (Å²) in [6, 6.07) is 9.39. The number of rotatable bonds is 2. The van der Waals surface area contributed by atoms with Crippen LogP contribution in [0, 0.1) is 5.92 Å². The average Bonchev–Trinajstić information content (AvgIpc) is 3.30. The van der Waals surface area contributed by atoms with Crippen molar-refractivity contribution in [2.75, 3.05) is 43.0 Å². The number of benzene rings is 1. The lowest BCUT2D eigenvalue weighted by atomic mass is 9.96. The maximum Gasteiger partial charge on any atom is 0.257 e. The van der Waals surface area contributed by atoms with Crippen LogP contribution in [0.15, 0.2) is 47.3 Å². The summed E-state index contributed by atoms with van der Waals surface area (Å²) in [5.41, 5.74) is 2.11. The van der Waals surface area contributed by atoms with E-state index in [1.165, 1.54) is 12.5 Å². The Morgan fingerprint density at radius 3 is 2.52 bits per heavy atom. The third kappa shape index (κ3) is 3.62. The molecule has 1 aromatic carbocycles. The highest BCUT2D eigenvalue weighted by Gasteiger charge is 2.35. The second-order valence-electron chi connectivity index (χ2n) is 8.23. The monoisotopic (exact) mass is 419 g/mol. The smallest absolute Gasteiger partial charge is 0.257 e. The lowest BCUT2D eigenvalue weighted by Gasteiger charge is -2.34. The molecule has 0 N–H and O–H groups in total. The SMILES string of the molecule is CN1CCCN(C(=O)[C@H]2CCCN(C(=O)c3ccoc3)C2)c2nc3ccccc3nc21. The van der Waals surface area contributed by atoms with Gasteiger partial charge in [-0.15, -0.1) is 0 Å². The van der Waals surface area contributed by atoms with E-state index in [9.17, 15) is 9.59 Å². The summed E-state index contributed by atoms with van der Waals surface area (Å²) in [6.45, 7) is 2.46. The largest absolute Gasteiger partial charge is 0.472 e. The molecule has 0 saturated carbocycles. The van der Waals surface area contributed by atoms with E-state index in [0.29, 0.717) is 31.0 Å². The highest BCUT2D eigenvalue weighted by atomic mass is 16.3. The van der Waals surface area contributed by atoms with Gasteiger partial charge in [0.05, 0.1) is 28.8 Å². The number of piperidine rings is 1. The zero-order valence-corrected chi connectivity index (χ0v) is 17.5. The van der Waals surface area contributed by atoms with Crippen molar-refractivity contribution in [2.24, 2.45) is 5.92 Å². The molecule has 8 heteroatoms. The van der Waals surface area contributed by atoms with E-state index in [2.05, 4.69) is 4.90 Å². The Morgan fingerprint density at radius 1 is 1.00 bits per heavy atom. The van der Waals surface area contributed by atoms with Crippen molar-refractivity contribution < 1.29 is 14.0 Å². The first-order valence-corrected chi connectivity index (χ1v) is 10.7. The first-order valence-electron chi connectivity index (χ1n) is 10.7. The summed E-state index contributed by atoms with van der Waals surface area (Å²) in [5.74, 6) is 1.02. The topological polar surface area (TPSA) is 82.8 Å². The lowest BCUT2D eigenvalue weighted by Crippen LogP contribution is -2.47. The molecular formula is C23H25N5O3. The maximum absolute atomic E-state index is 13.6. The zero-order chi connectivity index (χ0) is 21.4. The Kier molecular flexibility index (Phi) is 5.05. The Morgan fingerprint density at radius 2 is 1.77 bits per heavy atom. The van der Waals surface area contributed by atoms with Gasteiger partial charge in [-0.3, -0.25) is 14.5 Å². The molecule has 31 heavy (non-hydrogen) atoms. The van der Waals surface area contributed by atoms with Crippen LogP contribution in [0.25, 0.3) is 11.0 Å². The van der Waals surface area contributed by atoms with Crippen LogP contribution in [0.1, 0.15) is 29.6 Å². The maximum atomic E-state index is 13.6. The van der Waals surface area contributed by atoms with E-state index in [1.54, 1.807) is 15.9 Å². The van der Waals surface area contributed by atoms with Crippen LogP contribution >= 0.6 is 0 Å². The van der Waals surface area contributed by atoms with Crippen LogP contribution in [0.4, 0.5) is 11.6 Å². The predicted octanol–water partition coefficient (Wildman–Crippen LogP) is 2.95. The van der Waals surface area contributed by atoms with Gasteiger partial charge in [0.2, 0.25) is 5.91 Å². The molecule has 0 spiro atoms. The number of carbonyl (C=O) groups is 2. The highest BCUT2D eigenvalue weighted by molar-refractivity contribution is 5.99. The summed E-state index contributed by atoms with van der Waals surface area (Å²) in [6.07, 6.45) is 5.34. The van der Waals surface area contributed by atoms with Gasteiger partial charge in [0, 0.05) is 33.2 Å². The molecule has 0 bridgehead atoms. The van der Waals surface area contributed by atoms with Gasteiger partial charge in [-0.25, -0.2) is 9.97 Å². The number of anilines is 2. The molecule has 1 fully saturated rings. The number of hydrogen-bond acceptors (Lipinski definition) is 6. The van der Waals surface area contributed by atoms with Crippen molar-refractivity contribution in [1.82, 2.24) is 14.9 Å². The molecule has 8 nitrogen and oxygen atoms in total. The van der Waals surface area contributed by atoms with Gasteiger partial charge in [-0.2, -0.15) is 0 Å². The van der Waals surface area contributed by atoms with Crippen molar-refractivity contribution >= 4 is 34.5 Å². The van der Waals surface area contributed by atoms with E-state index in [-0.39, 0.29) is 17.7 Å². The molecule has 0 radical (unpaired) electrons. The number of nitrogens with zero attached hydrogens (tertiary/aromatic N) is 5. The Bertz CT molecular complexity index is 1110. The van der Waals surface area contributed by atoms with E-state index in [1.807, 2.05) is 31.3 Å². The Balaban J connectivity index is 1.44. The molecule has 2 aliphatic heterocycles. The minimum atomic E-state index is -0.255. The van der Waals surface area contributed by atoms with E-state index < -0.39 is 0 Å². The highest BCUT2D eigenvalue weighted by Crippen LogP contribution is 2.32. The number of aromatic nitrogens is 2. The minimum Gasteiger partial charge on any atom is -0.472 e. The zero-order valence-electron chi connectivity index (χ0n) is 17.5. The number of para-hydroxylation sites is 2. The van der Waals surface area contributed by atoms with Crippen molar-refractivity contribution in [3.8, 4) is 0 Å². The molecule has 1 saturated heterocycles. The Hall–Kier alpha value is -3.42. The van der Waals surface area contributed by atoms with Crippen LogP contribution in [-0.4, -0.2) is 59.9 Å². The number of furan rings is 1. The van der Waals surface area contributed by atoms with E-state index in [4.69, 9.17) is 14.4 Å². The fourth-order valence-electron chi connectivity index (χ4n) is 4.46. The fourth-order valence-corrected chi connectivity index (χ4v) is 4.46. The van der Waals surface area contributed by atoms with Gasteiger partial charge in [0.25, 0.3) is 5.91 Å². The summed E-state index contributed by atoms with van der Waals surface area (Å²) in [5, 5.41) is 0. The van der Waals surface area contributed by atoms with Gasteiger partial charge in [0.15, 0.2) is 11.6 Å². The van der Waals surface area contributed by atoms with Gasteiger partial charge >= 0.3 is 0 Å². The fraction of sp³-hybridized carbons (Fsp3) is 0.391. The molecule has 4 heterocycles. The molecule has 0 aliphatic carbocycles. The molecule has 3 aromatic rings. The third-order valence-corrected chi connectivity index (χ3v) is 6.12. The van der Waals surface area contributed by atoms with Crippen molar-refractivity contribution in [3.63, 3.8) is 0 Å². The lowest BCUT2D eigenvalue weighted by molar-refractivity contribution is -0.123. The molecule has 5 rings (SSSR count). The number of amides is 2. The van der Waals surface area contributed by atoms with Crippen LogP contribution in [0.5, 0.6) is 0 Å². The number of hydrogen-bond donors (Lipinski definition) is 0. The molecule has 2 aliphatic rings. The first-order chi connectivity index (χ1) is 15.1. The van der Waals surface area contributed by atoms with Gasteiger partial charge in [-0.1, -0.05) is 12.1 Å². The number of fused-ring (bicyclic) bond motifs is 2. The van der Waals surface area contributed by atoms with E-state index in [0.717, 1.165) is 42.7 Å². The molecular weight excluding hydrogens is 394 g/mol. The summed E-state index contributed by atoms with van der Waals surface area (Å²) in [4.78, 5) is 41.7. The molecule has 2 aromatic heterocycles. The number of carbonyl (C=O) groups excluding carboxylic acids is 2. The quantitative estimate of drug-likeness (QED) is 0.635. The standard InChI is InChI=1S/C23H25N5O3/c1-26-10-5-12-28(21-20(26)24-18-7-2-3-8-19(18)25-21)23(30)16-6-4-11-27(14-16)22(29)17-9-13-31-15-17/h2-3,7-9,13,15-16H,4-6,10-12,14H2,1H3/t16-/m0/s1. The van der Waals surface area contributed by atoms with Crippen molar-refractivity contribution in [3.05, 3.63) is 48.4 Å². The Labute approximate surface area is 180 Å². The van der Waals surface area contributed by atoms with Gasteiger partial charge in [0.1, 0.15) is 6.26 Å². The van der Waals surface area contributed by atoms with Gasteiger partial charge in [-0.05, 0) is 37.5 Å². The second kappa shape index (κ2) is 8.02. The molecule has 2 amide bonds. The first kappa shape index (κ1) is 19.5. The number of likely N-dealkylation sites (tertiary alicyclic amines) is 1. The normalized spacial score (nSPS) is 19.3. The van der Waals surface area contributed by atoms with Gasteiger partial charge < -0.3 is 14.2 Å². The van der Waals surface area contributed by atoms with Crippen molar-refractivity contribution in [1.29, 1.82) is 0 Å². The average molecular weight is 419 g/mol. The summed E-state index contributed by atoms with van der Waals surface area (Å²) in [7, 11) is 1.99. The van der Waals surface area contributed by atoms with Crippen LogP contribution in [-0.2, 0) is 4.79 Å². The third-order valence-electron chi connectivity index (χ3n) is 6.12. The molecule has 160 valence electrons. The van der Waals surface area contributed by atoms with Crippen LogP contribution in [0.3, 0.4) is 0 Å². The van der Waals surface area contributed by atoms with E-state index >= 15 is 0 Å². The molecule has 0 unspecified atom stereocenters. The van der Waals surface area contributed by atoms with Crippen LogP contribution in [0.2, 0.25) is 0 Å². The summed E-state index contributed by atoms with van der Waals surface area (Å²) >= 11 is 0. The second-order valence-corrected chi connectivity index (χ2v) is 8.23. The van der Waals surface area contributed by atoms with Crippen LogP contribution < -0.4 is 9.80 Å². The molecule has 1 atom stereocenters. The predicted molar refractivity (Wildman–Crippen MR) is 117 cm³/mol. The minimum absolute atomic E-state index is 0.0193. The van der Waals surface area contributed by atoms with Crippen molar-refractivity contribution in [2.45, 2.75) is 19.3 Å². The summed E-state index contributed by atoms with van der Waals surface area (Å²) < 4.78 is 5.05.